The number of methoxy groups -OCH3 is 1. The molecule has 0 bridgehead atoms. The Labute approximate surface area is 152 Å². The summed E-state index contributed by atoms with van der Waals surface area (Å²) in [7, 11) is 1.28. The molecule has 1 aliphatic rings. The molecule has 1 aliphatic heterocycles. The van der Waals surface area contributed by atoms with Crippen molar-refractivity contribution in [2.24, 2.45) is 0 Å². The van der Waals surface area contributed by atoms with Crippen molar-refractivity contribution >= 4 is 33.7 Å². The molecule has 6 nitrogen and oxygen atoms in total. The molecule has 0 aliphatic carbocycles. The maximum Gasteiger partial charge on any atom is 0.341 e. The van der Waals surface area contributed by atoms with Gasteiger partial charge in [-0.2, -0.15) is 0 Å². The molecule has 0 fully saturated rings. The van der Waals surface area contributed by atoms with Gasteiger partial charge >= 0.3 is 5.97 Å². The lowest BCUT2D eigenvalue weighted by Crippen LogP contribution is -2.33. The quantitative estimate of drug-likeness (QED) is 0.566. The number of carbonyl (C=O) groups excluding carboxylic acids is 3. The van der Waals surface area contributed by atoms with Crippen molar-refractivity contribution < 1.29 is 23.9 Å². The van der Waals surface area contributed by atoms with Crippen LogP contribution in [0.2, 0.25) is 0 Å². The fraction of sp³-hybridized carbons (Fsp3) is 0.167. The third kappa shape index (κ3) is 3.28. The first kappa shape index (κ1) is 17.2. The van der Waals surface area contributed by atoms with Crippen LogP contribution < -0.4 is 4.74 Å². The van der Waals surface area contributed by atoms with Crippen molar-refractivity contribution in [3.63, 3.8) is 0 Å². The van der Waals surface area contributed by atoms with E-state index in [1.54, 1.807) is 42.5 Å². The molecule has 0 spiro atoms. The van der Waals surface area contributed by atoms with Crippen LogP contribution in [-0.2, 0) is 4.74 Å². The minimum absolute atomic E-state index is 0.0666. The van der Waals surface area contributed by atoms with Gasteiger partial charge in [0.1, 0.15) is 17.9 Å². The number of hydrogen-bond donors (Lipinski definition) is 0. The van der Waals surface area contributed by atoms with E-state index in [4.69, 9.17) is 9.47 Å². The van der Waals surface area contributed by atoms with Gasteiger partial charge in [0.25, 0.3) is 11.8 Å². The van der Waals surface area contributed by atoms with E-state index in [9.17, 15) is 14.4 Å². The molecule has 2 aromatic rings. The highest BCUT2D eigenvalue weighted by Gasteiger charge is 2.34. The highest BCUT2D eigenvalue weighted by Crippen LogP contribution is 2.25. The maximum absolute atomic E-state index is 12.3. The number of ether oxygens (including phenoxy) is 2. The largest absolute Gasteiger partial charge is 0.491 e. The first-order chi connectivity index (χ1) is 12.0. The molecule has 3 rings (SSSR count). The minimum atomic E-state index is -0.531. The van der Waals surface area contributed by atoms with Gasteiger partial charge in [0.2, 0.25) is 0 Å². The normalized spacial score (nSPS) is 13.0. The van der Waals surface area contributed by atoms with Crippen molar-refractivity contribution in [3.05, 3.63) is 63.6 Å². The predicted molar refractivity (Wildman–Crippen MR) is 92.8 cm³/mol. The molecular weight excluding hydrogens is 390 g/mol. The maximum atomic E-state index is 12.3. The van der Waals surface area contributed by atoms with Crippen molar-refractivity contribution in [1.82, 2.24) is 4.90 Å². The molecule has 0 N–H and O–H groups in total. The molecule has 1 heterocycles. The van der Waals surface area contributed by atoms with Gasteiger partial charge in [0.05, 0.1) is 24.8 Å². The molecule has 0 saturated carbocycles. The number of hydrogen-bond acceptors (Lipinski definition) is 5. The van der Waals surface area contributed by atoms with Gasteiger partial charge in [-0.25, -0.2) is 4.79 Å². The Bertz CT molecular complexity index is 829. The lowest BCUT2D eigenvalue weighted by atomic mass is 10.1. The minimum Gasteiger partial charge on any atom is -0.491 e. The van der Waals surface area contributed by atoms with E-state index in [1.165, 1.54) is 7.11 Å². The summed E-state index contributed by atoms with van der Waals surface area (Å²) in [5, 5.41) is 0. The summed E-state index contributed by atoms with van der Waals surface area (Å²) in [6.07, 6.45) is 0. The first-order valence-corrected chi connectivity index (χ1v) is 8.28. The zero-order valence-electron chi connectivity index (χ0n) is 13.3. The number of halogens is 1. The van der Waals surface area contributed by atoms with E-state index in [-0.39, 0.29) is 30.5 Å². The molecule has 0 radical (unpaired) electrons. The van der Waals surface area contributed by atoms with Crippen molar-refractivity contribution in [2.45, 2.75) is 0 Å². The van der Waals surface area contributed by atoms with Gasteiger partial charge in [-0.3, -0.25) is 14.5 Å². The zero-order valence-corrected chi connectivity index (χ0v) is 14.9. The first-order valence-electron chi connectivity index (χ1n) is 7.49. The van der Waals surface area contributed by atoms with Crippen LogP contribution in [0.1, 0.15) is 31.1 Å². The molecule has 0 atom stereocenters. The molecule has 2 aromatic carbocycles. The van der Waals surface area contributed by atoms with Gasteiger partial charge in [0.15, 0.2) is 0 Å². The van der Waals surface area contributed by atoms with Crippen LogP contribution in [0.3, 0.4) is 0 Å². The number of rotatable bonds is 5. The molecule has 25 heavy (non-hydrogen) atoms. The summed E-state index contributed by atoms with van der Waals surface area (Å²) >= 11 is 3.29. The van der Waals surface area contributed by atoms with Crippen molar-refractivity contribution in [1.29, 1.82) is 0 Å². The average molecular weight is 404 g/mol. The molecule has 7 heteroatoms. The SMILES string of the molecule is COC(=O)c1cc(Br)ccc1OCCN1C(=O)c2ccccc2C1=O. The molecule has 0 saturated heterocycles. The van der Waals surface area contributed by atoms with Gasteiger partial charge in [-0.1, -0.05) is 28.1 Å². The number of amides is 2. The summed E-state index contributed by atoms with van der Waals surface area (Å²) in [4.78, 5) is 37.5. The van der Waals surface area contributed by atoms with Crippen LogP contribution >= 0.6 is 15.9 Å². The van der Waals surface area contributed by atoms with Gasteiger partial charge < -0.3 is 9.47 Å². The van der Waals surface area contributed by atoms with E-state index in [1.807, 2.05) is 0 Å². The number of carbonyl (C=O) groups is 3. The summed E-state index contributed by atoms with van der Waals surface area (Å²) in [6, 6.07) is 11.6. The predicted octanol–water partition coefficient (Wildman–Crippen LogP) is 2.91. The lowest BCUT2D eigenvalue weighted by Gasteiger charge is -2.15. The van der Waals surface area contributed by atoms with Gasteiger partial charge in [-0.05, 0) is 30.3 Å². The highest BCUT2D eigenvalue weighted by molar-refractivity contribution is 9.10. The second kappa shape index (κ2) is 7.06. The summed E-state index contributed by atoms with van der Waals surface area (Å²) in [5.74, 6) is -0.884. The summed E-state index contributed by atoms with van der Waals surface area (Å²) in [5.41, 5.74) is 1.05. The third-order valence-electron chi connectivity index (χ3n) is 3.80. The number of benzene rings is 2. The second-order valence-corrected chi connectivity index (χ2v) is 6.20. The third-order valence-corrected chi connectivity index (χ3v) is 4.29. The van der Waals surface area contributed by atoms with Crippen molar-refractivity contribution in [3.8, 4) is 5.75 Å². The van der Waals surface area contributed by atoms with E-state index in [0.717, 1.165) is 4.90 Å². The van der Waals surface area contributed by atoms with E-state index in [2.05, 4.69) is 15.9 Å². The number of fused-ring (bicyclic) bond motifs is 1. The Morgan fingerprint density at radius 1 is 1.08 bits per heavy atom. The standard InChI is InChI=1S/C18H14BrNO5/c1-24-18(23)14-10-11(19)6-7-15(14)25-9-8-20-16(21)12-4-2-3-5-13(12)17(20)22/h2-7,10H,8-9H2,1H3. The molecule has 0 aromatic heterocycles. The summed E-state index contributed by atoms with van der Waals surface area (Å²) < 4.78 is 11.0. The zero-order chi connectivity index (χ0) is 18.0. The van der Waals surface area contributed by atoms with Crippen LogP contribution in [0, 0.1) is 0 Å². The fourth-order valence-electron chi connectivity index (χ4n) is 2.59. The molecule has 0 unspecified atom stereocenters. The Morgan fingerprint density at radius 3 is 2.32 bits per heavy atom. The van der Waals surface area contributed by atoms with Crippen LogP contribution in [-0.4, -0.2) is 42.9 Å². The van der Waals surface area contributed by atoms with Gasteiger partial charge in [0, 0.05) is 4.47 Å². The molecular formula is C18H14BrNO5. The van der Waals surface area contributed by atoms with E-state index < -0.39 is 5.97 Å². The number of nitrogens with zero attached hydrogens (tertiary/aromatic N) is 1. The van der Waals surface area contributed by atoms with E-state index >= 15 is 0 Å². The smallest absolute Gasteiger partial charge is 0.341 e. The summed E-state index contributed by atoms with van der Waals surface area (Å²) in [6.45, 7) is 0.153. The van der Waals surface area contributed by atoms with Crippen LogP contribution in [0.25, 0.3) is 0 Å². The molecule has 128 valence electrons. The highest BCUT2D eigenvalue weighted by atomic mass is 79.9. The lowest BCUT2D eigenvalue weighted by molar-refractivity contribution is 0.0582. The fourth-order valence-corrected chi connectivity index (χ4v) is 2.95. The second-order valence-electron chi connectivity index (χ2n) is 5.29. The van der Waals surface area contributed by atoms with E-state index in [0.29, 0.717) is 21.3 Å². The van der Waals surface area contributed by atoms with Crippen LogP contribution in [0.5, 0.6) is 5.75 Å². The number of esters is 1. The Kier molecular flexibility index (Phi) is 4.85. The van der Waals surface area contributed by atoms with Crippen LogP contribution in [0.4, 0.5) is 0 Å². The Hall–Kier alpha value is -2.67. The monoisotopic (exact) mass is 403 g/mol. The van der Waals surface area contributed by atoms with Gasteiger partial charge in [-0.15, -0.1) is 0 Å². The Morgan fingerprint density at radius 2 is 1.72 bits per heavy atom. The average Bonchev–Trinajstić information content (AvgIpc) is 2.87. The van der Waals surface area contributed by atoms with Crippen molar-refractivity contribution in [2.75, 3.05) is 20.3 Å². The number of imide groups is 1. The van der Waals surface area contributed by atoms with Crippen LogP contribution in [0.15, 0.2) is 46.9 Å². The molecule has 2 amide bonds. The Balaban J connectivity index is 1.70. The topological polar surface area (TPSA) is 72.9 Å².